The second kappa shape index (κ2) is 4.36. The predicted octanol–water partition coefficient (Wildman–Crippen LogP) is 2.88. The van der Waals surface area contributed by atoms with Gasteiger partial charge in [-0.05, 0) is 31.2 Å². The zero-order valence-corrected chi connectivity index (χ0v) is 9.25. The Hall–Kier alpha value is -1.48. The second-order valence-corrected chi connectivity index (χ2v) is 4.62. The number of Topliss-reactive ketones (excluding diaryl/α,β-unsaturated/α-hetero) is 1. The van der Waals surface area contributed by atoms with Gasteiger partial charge in [-0.15, -0.1) is 11.3 Å². The fourth-order valence-corrected chi connectivity index (χ4v) is 2.14. The lowest BCUT2D eigenvalue weighted by atomic mass is 10.2. The molecule has 0 saturated carbocycles. The Balaban J connectivity index is 2.11. The van der Waals surface area contributed by atoms with E-state index >= 15 is 0 Å². The van der Waals surface area contributed by atoms with E-state index in [-0.39, 0.29) is 5.78 Å². The molecule has 0 aromatic carbocycles. The molecule has 0 unspecified atom stereocenters. The van der Waals surface area contributed by atoms with E-state index in [4.69, 9.17) is 0 Å². The molecule has 0 aliphatic carbocycles. The molecular weight excluding hydrogens is 206 g/mol. The van der Waals surface area contributed by atoms with Crippen molar-refractivity contribution in [2.24, 2.45) is 0 Å². The monoisotopic (exact) mass is 217 g/mol. The van der Waals surface area contributed by atoms with Crippen LogP contribution >= 0.6 is 11.3 Å². The molecule has 0 radical (unpaired) electrons. The fraction of sp³-hybridized carbons (Fsp3) is 0.167. The molecule has 2 heterocycles. The van der Waals surface area contributed by atoms with Gasteiger partial charge in [0.15, 0.2) is 5.78 Å². The Morgan fingerprint density at radius 3 is 2.80 bits per heavy atom. The van der Waals surface area contributed by atoms with Gasteiger partial charge in [-0.2, -0.15) is 0 Å². The number of aryl methyl sites for hydroxylation is 1. The molecule has 0 aliphatic heterocycles. The van der Waals surface area contributed by atoms with Crippen molar-refractivity contribution in [3.05, 3.63) is 52.0 Å². The van der Waals surface area contributed by atoms with Crippen molar-refractivity contribution >= 4 is 17.1 Å². The van der Waals surface area contributed by atoms with E-state index in [9.17, 15) is 4.79 Å². The standard InChI is InChI=1S/C12H11NOS/c1-9-5-6-12(15-9)11(14)8-10-4-2-3-7-13-10/h2-7H,8H2,1H3. The molecule has 76 valence electrons. The highest BCUT2D eigenvalue weighted by atomic mass is 32.1. The van der Waals surface area contributed by atoms with Crippen LogP contribution in [0.5, 0.6) is 0 Å². The number of ketones is 1. The lowest BCUT2D eigenvalue weighted by Crippen LogP contribution is -2.02. The summed E-state index contributed by atoms with van der Waals surface area (Å²) in [5.41, 5.74) is 0.827. The van der Waals surface area contributed by atoms with Gasteiger partial charge in [0.1, 0.15) is 0 Å². The minimum absolute atomic E-state index is 0.145. The normalized spacial score (nSPS) is 10.2. The Labute approximate surface area is 92.6 Å². The van der Waals surface area contributed by atoms with Gasteiger partial charge in [0.25, 0.3) is 0 Å². The first-order valence-corrected chi connectivity index (χ1v) is 5.57. The highest BCUT2D eigenvalue weighted by molar-refractivity contribution is 7.14. The SMILES string of the molecule is Cc1ccc(C(=O)Cc2ccccn2)s1. The Bertz CT molecular complexity index is 461. The fourth-order valence-electron chi connectivity index (χ4n) is 1.34. The number of nitrogens with zero attached hydrogens (tertiary/aromatic N) is 1. The summed E-state index contributed by atoms with van der Waals surface area (Å²) in [5.74, 6) is 0.145. The van der Waals surface area contributed by atoms with Crippen molar-refractivity contribution in [3.8, 4) is 0 Å². The van der Waals surface area contributed by atoms with E-state index in [1.165, 1.54) is 16.2 Å². The lowest BCUT2D eigenvalue weighted by molar-refractivity contribution is 0.0996. The van der Waals surface area contributed by atoms with Crippen molar-refractivity contribution in [2.45, 2.75) is 13.3 Å². The van der Waals surface area contributed by atoms with Crippen LogP contribution in [0.3, 0.4) is 0 Å². The molecule has 2 aromatic heterocycles. The van der Waals surface area contributed by atoms with Crippen LogP contribution in [0.1, 0.15) is 20.2 Å². The quantitative estimate of drug-likeness (QED) is 0.740. The molecule has 0 amide bonds. The molecule has 0 N–H and O–H groups in total. The largest absolute Gasteiger partial charge is 0.293 e. The first kappa shape index (κ1) is 10.1. The number of rotatable bonds is 3. The molecule has 0 aliphatic rings. The zero-order chi connectivity index (χ0) is 10.7. The summed E-state index contributed by atoms with van der Waals surface area (Å²) in [6.45, 7) is 2.00. The smallest absolute Gasteiger partial charge is 0.178 e. The molecule has 15 heavy (non-hydrogen) atoms. The maximum absolute atomic E-state index is 11.8. The number of pyridine rings is 1. The van der Waals surface area contributed by atoms with Crippen LogP contribution in [0.2, 0.25) is 0 Å². The lowest BCUT2D eigenvalue weighted by Gasteiger charge is -1.96. The summed E-state index contributed by atoms with van der Waals surface area (Å²) in [4.78, 5) is 17.9. The summed E-state index contributed by atoms with van der Waals surface area (Å²) in [5, 5.41) is 0. The van der Waals surface area contributed by atoms with E-state index < -0.39 is 0 Å². The van der Waals surface area contributed by atoms with Crippen LogP contribution in [-0.2, 0) is 6.42 Å². The number of thiophene rings is 1. The van der Waals surface area contributed by atoms with Gasteiger partial charge in [0.2, 0.25) is 0 Å². The second-order valence-electron chi connectivity index (χ2n) is 3.33. The van der Waals surface area contributed by atoms with Crippen molar-refractivity contribution < 1.29 is 4.79 Å². The first-order valence-electron chi connectivity index (χ1n) is 4.75. The molecule has 2 nitrogen and oxygen atoms in total. The Kier molecular flexibility index (Phi) is 2.92. The van der Waals surface area contributed by atoms with Gasteiger partial charge in [0.05, 0.1) is 11.3 Å². The average Bonchev–Trinajstić information content (AvgIpc) is 2.66. The van der Waals surface area contributed by atoms with Crippen LogP contribution in [0.15, 0.2) is 36.5 Å². The van der Waals surface area contributed by atoms with Crippen LogP contribution in [0.25, 0.3) is 0 Å². The summed E-state index contributed by atoms with van der Waals surface area (Å²) in [6, 6.07) is 9.47. The van der Waals surface area contributed by atoms with Gasteiger partial charge in [-0.3, -0.25) is 9.78 Å². The van der Waals surface area contributed by atoms with Crippen molar-refractivity contribution in [1.82, 2.24) is 4.98 Å². The summed E-state index contributed by atoms with van der Waals surface area (Å²) in [6.07, 6.45) is 2.10. The third-order valence-electron chi connectivity index (χ3n) is 2.08. The third-order valence-corrected chi connectivity index (χ3v) is 3.12. The van der Waals surface area contributed by atoms with Gasteiger partial charge < -0.3 is 0 Å². The molecule has 0 bridgehead atoms. The number of aromatic nitrogens is 1. The highest BCUT2D eigenvalue weighted by Crippen LogP contribution is 2.16. The minimum Gasteiger partial charge on any atom is -0.293 e. The minimum atomic E-state index is 0.145. The van der Waals surface area contributed by atoms with Gasteiger partial charge >= 0.3 is 0 Å². The molecule has 2 rings (SSSR count). The first-order chi connectivity index (χ1) is 7.25. The molecule has 0 saturated heterocycles. The Morgan fingerprint density at radius 2 is 2.20 bits per heavy atom. The maximum atomic E-state index is 11.8. The van der Waals surface area contributed by atoms with E-state index in [0.29, 0.717) is 6.42 Å². The van der Waals surface area contributed by atoms with Gasteiger partial charge in [-0.25, -0.2) is 0 Å². The molecule has 0 spiro atoms. The van der Waals surface area contributed by atoms with Crippen molar-refractivity contribution in [1.29, 1.82) is 0 Å². The highest BCUT2D eigenvalue weighted by Gasteiger charge is 2.09. The summed E-state index contributed by atoms with van der Waals surface area (Å²) >= 11 is 1.54. The van der Waals surface area contributed by atoms with Crippen molar-refractivity contribution in [2.75, 3.05) is 0 Å². The van der Waals surface area contributed by atoms with Crippen LogP contribution in [0.4, 0.5) is 0 Å². The maximum Gasteiger partial charge on any atom is 0.178 e. The van der Waals surface area contributed by atoms with E-state index in [2.05, 4.69) is 4.98 Å². The number of carbonyl (C=O) groups is 1. The van der Waals surface area contributed by atoms with E-state index in [1.54, 1.807) is 6.20 Å². The predicted molar refractivity (Wildman–Crippen MR) is 61.3 cm³/mol. The molecule has 0 fully saturated rings. The molecular formula is C12H11NOS. The topological polar surface area (TPSA) is 30.0 Å². The summed E-state index contributed by atoms with van der Waals surface area (Å²) in [7, 11) is 0. The molecule has 2 aromatic rings. The molecule has 3 heteroatoms. The van der Waals surface area contributed by atoms with Crippen LogP contribution in [0, 0.1) is 6.92 Å². The third kappa shape index (κ3) is 2.50. The average molecular weight is 217 g/mol. The number of hydrogen-bond donors (Lipinski definition) is 0. The van der Waals surface area contributed by atoms with Crippen LogP contribution in [-0.4, -0.2) is 10.8 Å². The number of hydrogen-bond acceptors (Lipinski definition) is 3. The van der Waals surface area contributed by atoms with E-state index in [1.807, 2.05) is 37.3 Å². The summed E-state index contributed by atoms with van der Waals surface area (Å²) < 4.78 is 0. The Morgan fingerprint density at radius 1 is 1.33 bits per heavy atom. The van der Waals surface area contributed by atoms with Gasteiger partial charge in [0, 0.05) is 16.8 Å². The van der Waals surface area contributed by atoms with E-state index in [0.717, 1.165) is 10.6 Å². The van der Waals surface area contributed by atoms with Gasteiger partial charge in [-0.1, -0.05) is 6.07 Å². The van der Waals surface area contributed by atoms with Crippen molar-refractivity contribution in [3.63, 3.8) is 0 Å². The van der Waals surface area contributed by atoms with Crippen LogP contribution < -0.4 is 0 Å². The molecule has 0 atom stereocenters. The number of carbonyl (C=O) groups excluding carboxylic acids is 1. The zero-order valence-electron chi connectivity index (χ0n) is 8.43.